The number of nitrogens with zero attached hydrogens (tertiary/aromatic N) is 6. The molecule has 1 aliphatic carbocycles. The minimum Gasteiger partial charge on any atom is -0.298 e. The zero-order chi connectivity index (χ0) is 19.5. The summed E-state index contributed by atoms with van der Waals surface area (Å²) in [6, 6.07) is 7.56. The van der Waals surface area contributed by atoms with Crippen molar-refractivity contribution in [2.24, 2.45) is 5.92 Å². The first kappa shape index (κ1) is 19.5. The molecule has 0 unspecified atom stereocenters. The summed E-state index contributed by atoms with van der Waals surface area (Å²) in [4.78, 5) is 5.23. The van der Waals surface area contributed by atoms with Gasteiger partial charge in [-0.2, -0.15) is 0 Å². The van der Waals surface area contributed by atoms with Gasteiger partial charge < -0.3 is 0 Å². The van der Waals surface area contributed by atoms with Gasteiger partial charge in [0.15, 0.2) is 5.82 Å². The number of benzene rings is 1. The van der Waals surface area contributed by atoms with Gasteiger partial charge in [-0.25, -0.2) is 9.07 Å². The Kier molecular flexibility index (Phi) is 6.01. The van der Waals surface area contributed by atoms with Crippen LogP contribution in [0.1, 0.15) is 57.0 Å². The van der Waals surface area contributed by atoms with Gasteiger partial charge in [-0.05, 0) is 46.9 Å². The summed E-state index contributed by atoms with van der Waals surface area (Å²) in [6.45, 7) is 9.43. The highest BCUT2D eigenvalue weighted by Crippen LogP contribution is 2.30. The van der Waals surface area contributed by atoms with Crippen molar-refractivity contribution in [3.8, 4) is 0 Å². The number of halogens is 1. The van der Waals surface area contributed by atoms with Crippen LogP contribution in [-0.4, -0.2) is 62.2 Å². The van der Waals surface area contributed by atoms with E-state index in [9.17, 15) is 4.39 Å². The van der Waals surface area contributed by atoms with E-state index in [1.807, 2.05) is 4.68 Å². The van der Waals surface area contributed by atoms with Gasteiger partial charge in [-0.1, -0.05) is 38.8 Å². The van der Waals surface area contributed by atoms with Gasteiger partial charge >= 0.3 is 0 Å². The second kappa shape index (κ2) is 8.66. The quantitative estimate of drug-likeness (QED) is 0.763. The molecule has 7 heteroatoms. The molecule has 0 bridgehead atoms. The Morgan fingerprint density at radius 3 is 2.36 bits per heavy atom. The Bertz CT molecular complexity index is 745. The molecule has 1 aromatic heterocycles. The highest BCUT2D eigenvalue weighted by molar-refractivity contribution is 5.16. The van der Waals surface area contributed by atoms with Crippen molar-refractivity contribution in [3.05, 3.63) is 41.5 Å². The molecule has 28 heavy (non-hydrogen) atoms. The second-order valence-corrected chi connectivity index (χ2v) is 8.52. The van der Waals surface area contributed by atoms with Crippen molar-refractivity contribution < 1.29 is 4.39 Å². The van der Waals surface area contributed by atoms with Crippen LogP contribution in [0, 0.1) is 11.7 Å². The number of hydrogen-bond acceptors (Lipinski definition) is 5. The zero-order valence-corrected chi connectivity index (χ0v) is 17.0. The molecular formula is C21H31FN6. The van der Waals surface area contributed by atoms with Crippen LogP contribution < -0.4 is 0 Å². The smallest absolute Gasteiger partial charge is 0.169 e. The zero-order valence-electron chi connectivity index (χ0n) is 17.0. The van der Waals surface area contributed by atoms with E-state index < -0.39 is 0 Å². The monoisotopic (exact) mass is 386 g/mol. The maximum atomic E-state index is 13.2. The molecular weight excluding hydrogens is 355 g/mol. The van der Waals surface area contributed by atoms with Crippen LogP contribution in [-0.2, 0) is 6.54 Å². The molecule has 2 fully saturated rings. The molecule has 1 atom stereocenters. The summed E-state index contributed by atoms with van der Waals surface area (Å²) in [6.07, 6.45) is 5.50. The first-order valence-electron chi connectivity index (χ1n) is 10.6. The van der Waals surface area contributed by atoms with E-state index in [1.165, 1.54) is 37.8 Å². The molecule has 1 aromatic carbocycles. The summed E-state index contributed by atoms with van der Waals surface area (Å²) in [5.74, 6) is 1.10. The van der Waals surface area contributed by atoms with Gasteiger partial charge in [0.25, 0.3) is 0 Å². The fraction of sp³-hybridized carbons (Fsp3) is 0.667. The topological polar surface area (TPSA) is 50.1 Å². The molecule has 0 radical (unpaired) electrons. The minimum absolute atomic E-state index is 0.196. The first-order valence-corrected chi connectivity index (χ1v) is 10.6. The fourth-order valence-electron chi connectivity index (χ4n) is 4.83. The normalized spacial score (nSPS) is 20.9. The maximum absolute atomic E-state index is 13.2. The highest BCUT2D eigenvalue weighted by atomic mass is 19.1. The average Bonchev–Trinajstić information content (AvgIpc) is 3.37. The molecule has 1 saturated carbocycles. The number of aromatic nitrogens is 4. The van der Waals surface area contributed by atoms with Crippen LogP contribution in [0.4, 0.5) is 4.39 Å². The predicted molar refractivity (Wildman–Crippen MR) is 106 cm³/mol. The Morgan fingerprint density at radius 2 is 1.71 bits per heavy atom. The minimum atomic E-state index is -0.221. The molecule has 6 nitrogen and oxygen atoms in total. The van der Waals surface area contributed by atoms with Crippen molar-refractivity contribution in [2.75, 3.05) is 26.2 Å². The predicted octanol–water partition coefficient (Wildman–Crippen LogP) is 3.12. The number of piperazine rings is 1. The van der Waals surface area contributed by atoms with Gasteiger partial charge in [0.05, 0.1) is 12.6 Å². The Hall–Kier alpha value is -1.86. The van der Waals surface area contributed by atoms with Crippen molar-refractivity contribution in [3.63, 3.8) is 0 Å². The van der Waals surface area contributed by atoms with E-state index in [1.54, 1.807) is 12.1 Å². The Balaban J connectivity index is 1.46. The van der Waals surface area contributed by atoms with Crippen molar-refractivity contribution >= 4 is 0 Å². The maximum Gasteiger partial charge on any atom is 0.169 e. The molecule has 1 aliphatic heterocycles. The van der Waals surface area contributed by atoms with Crippen molar-refractivity contribution in [1.29, 1.82) is 0 Å². The fourth-order valence-corrected chi connectivity index (χ4v) is 4.83. The van der Waals surface area contributed by atoms with E-state index >= 15 is 0 Å². The SMILES string of the molecule is CC(C)[C@@H](c1nnnn1Cc1ccc(F)cc1)N1CCN(C2CCCC2)CC1. The van der Waals surface area contributed by atoms with Gasteiger partial charge in [0.2, 0.25) is 0 Å². The number of tetrazole rings is 1. The van der Waals surface area contributed by atoms with Crippen LogP contribution in [0.3, 0.4) is 0 Å². The molecule has 0 amide bonds. The van der Waals surface area contributed by atoms with E-state index in [0.717, 1.165) is 43.6 Å². The molecule has 1 saturated heterocycles. The van der Waals surface area contributed by atoms with E-state index in [-0.39, 0.29) is 11.9 Å². The Labute approximate surface area is 166 Å². The summed E-state index contributed by atoms with van der Waals surface area (Å²) in [5, 5.41) is 12.6. The van der Waals surface area contributed by atoms with Gasteiger partial charge in [-0.15, -0.1) is 5.10 Å². The molecule has 2 aromatic rings. The first-order chi connectivity index (χ1) is 13.6. The highest BCUT2D eigenvalue weighted by Gasteiger charge is 2.33. The second-order valence-electron chi connectivity index (χ2n) is 8.52. The van der Waals surface area contributed by atoms with E-state index in [2.05, 4.69) is 39.2 Å². The summed E-state index contributed by atoms with van der Waals surface area (Å²) in [7, 11) is 0. The number of hydrogen-bond donors (Lipinski definition) is 0. The van der Waals surface area contributed by atoms with Crippen molar-refractivity contribution in [2.45, 2.75) is 58.2 Å². The third kappa shape index (κ3) is 4.25. The molecule has 2 heterocycles. The standard InChI is InChI=1S/C21H31FN6/c1-16(2)20(27-13-11-26(12-14-27)19-5-3-4-6-19)21-23-24-25-28(21)15-17-7-9-18(22)10-8-17/h7-10,16,19-20H,3-6,11-15H2,1-2H3/t20-/m0/s1. The summed E-state index contributed by atoms with van der Waals surface area (Å²) in [5.41, 5.74) is 1.00. The Morgan fingerprint density at radius 1 is 1.04 bits per heavy atom. The molecule has 2 aliphatic rings. The van der Waals surface area contributed by atoms with Crippen LogP contribution in [0.2, 0.25) is 0 Å². The van der Waals surface area contributed by atoms with Gasteiger partial charge in [0.1, 0.15) is 5.82 Å². The largest absolute Gasteiger partial charge is 0.298 e. The summed E-state index contributed by atoms with van der Waals surface area (Å²) < 4.78 is 15.1. The summed E-state index contributed by atoms with van der Waals surface area (Å²) >= 11 is 0. The third-order valence-corrected chi connectivity index (χ3v) is 6.28. The molecule has 0 N–H and O–H groups in total. The lowest BCUT2D eigenvalue weighted by Gasteiger charge is -2.42. The van der Waals surface area contributed by atoms with Gasteiger partial charge in [0, 0.05) is 32.2 Å². The lowest BCUT2D eigenvalue weighted by Crippen LogP contribution is -2.51. The average molecular weight is 387 g/mol. The van der Waals surface area contributed by atoms with Crippen LogP contribution in [0.15, 0.2) is 24.3 Å². The van der Waals surface area contributed by atoms with Crippen molar-refractivity contribution in [1.82, 2.24) is 30.0 Å². The third-order valence-electron chi connectivity index (χ3n) is 6.28. The molecule has 4 rings (SSSR count). The van der Waals surface area contributed by atoms with Crippen LogP contribution in [0.25, 0.3) is 0 Å². The van der Waals surface area contributed by atoms with Crippen LogP contribution >= 0.6 is 0 Å². The lowest BCUT2D eigenvalue weighted by atomic mass is 10.00. The van der Waals surface area contributed by atoms with Gasteiger partial charge in [-0.3, -0.25) is 9.80 Å². The number of rotatable bonds is 6. The van der Waals surface area contributed by atoms with E-state index in [4.69, 9.17) is 0 Å². The lowest BCUT2D eigenvalue weighted by molar-refractivity contribution is 0.0501. The molecule has 152 valence electrons. The molecule has 0 spiro atoms. The van der Waals surface area contributed by atoms with Crippen LogP contribution in [0.5, 0.6) is 0 Å². The van der Waals surface area contributed by atoms with E-state index in [0.29, 0.717) is 12.5 Å².